The van der Waals surface area contributed by atoms with Gasteiger partial charge in [0, 0.05) is 13.2 Å². The first-order valence-corrected chi connectivity index (χ1v) is 5.84. The summed E-state index contributed by atoms with van der Waals surface area (Å²) in [7, 11) is 1.52. The Bertz CT molecular complexity index is 508. The molecule has 0 fully saturated rings. The lowest BCUT2D eigenvalue weighted by Gasteiger charge is -2.18. The third-order valence-electron chi connectivity index (χ3n) is 2.48. The quantitative estimate of drug-likeness (QED) is 0.801. The number of likely N-dealkylation sites (N-methyl/N-ethyl adjacent to an activating group) is 1. The van der Waals surface area contributed by atoms with Crippen molar-refractivity contribution in [3.8, 4) is 5.75 Å². The number of halogens is 1. The Morgan fingerprint density at radius 3 is 3.11 bits per heavy atom. The van der Waals surface area contributed by atoms with Crippen molar-refractivity contribution in [3.63, 3.8) is 0 Å². The number of fused-ring (bicyclic) bond motifs is 1. The standard InChI is InChI=1S/C10H10BrN3O4/c1-14-8-7(5(11)2-3-12-8)18-4-6(9(14)15)13-10(16)17/h2-3,6,13H,4H2,1H3,(H,16,17)/t6-/m0/s1. The summed E-state index contributed by atoms with van der Waals surface area (Å²) in [6.45, 7) is -0.0766. The fourth-order valence-electron chi connectivity index (χ4n) is 1.62. The molecule has 0 bridgehead atoms. The first-order chi connectivity index (χ1) is 8.50. The van der Waals surface area contributed by atoms with Crippen molar-refractivity contribution < 1.29 is 19.4 Å². The molecule has 1 aromatic heterocycles. The maximum absolute atomic E-state index is 12.0. The summed E-state index contributed by atoms with van der Waals surface area (Å²) in [4.78, 5) is 28.0. The van der Waals surface area contributed by atoms with Gasteiger partial charge in [0.25, 0.3) is 5.91 Å². The van der Waals surface area contributed by atoms with E-state index in [0.717, 1.165) is 0 Å². The predicted molar refractivity (Wildman–Crippen MR) is 65.8 cm³/mol. The Kier molecular flexibility index (Phi) is 3.37. The van der Waals surface area contributed by atoms with Crippen LogP contribution in [0.25, 0.3) is 0 Å². The zero-order valence-corrected chi connectivity index (χ0v) is 11.0. The SMILES string of the molecule is CN1C(=O)[C@@H](NC(=O)O)COc2c(Br)ccnc21. The van der Waals surface area contributed by atoms with E-state index in [1.807, 2.05) is 0 Å². The highest BCUT2D eigenvalue weighted by atomic mass is 79.9. The number of nitrogens with one attached hydrogen (secondary N) is 1. The molecule has 2 heterocycles. The Balaban J connectivity index is 2.36. The van der Waals surface area contributed by atoms with E-state index in [9.17, 15) is 9.59 Å². The fraction of sp³-hybridized carbons (Fsp3) is 0.300. The Morgan fingerprint density at radius 2 is 2.44 bits per heavy atom. The summed E-state index contributed by atoms with van der Waals surface area (Å²) in [6, 6.07) is 0.732. The minimum atomic E-state index is -1.27. The van der Waals surface area contributed by atoms with E-state index in [-0.39, 0.29) is 6.61 Å². The maximum Gasteiger partial charge on any atom is 0.405 e. The van der Waals surface area contributed by atoms with Crippen LogP contribution in [0.1, 0.15) is 0 Å². The number of hydrogen-bond donors (Lipinski definition) is 2. The largest absolute Gasteiger partial charge is 0.486 e. The summed E-state index contributed by atoms with van der Waals surface area (Å²) in [5.41, 5.74) is 0. The smallest absolute Gasteiger partial charge is 0.405 e. The van der Waals surface area contributed by atoms with Gasteiger partial charge in [-0.2, -0.15) is 0 Å². The van der Waals surface area contributed by atoms with Crippen LogP contribution in [0.3, 0.4) is 0 Å². The number of amides is 2. The highest BCUT2D eigenvalue weighted by Gasteiger charge is 2.32. The number of hydrogen-bond acceptors (Lipinski definition) is 4. The summed E-state index contributed by atoms with van der Waals surface area (Å²) in [5, 5.41) is 10.8. The predicted octanol–water partition coefficient (Wildman–Crippen LogP) is 0.835. The van der Waals surface area contributed by atoms with Crippen molar-refractivity contribution in [1.29, 1.82) is 0 Å². The van der Waals surface area contributed by atoms with Crippen LogP contribution in [-0.4, -0.2) is 41.8 Å². The van der Waals surface area contributed by atoms with E-state index < -0.39 is 18.0 Å². The molecule has 0 spiro atoms. The minimum Gasteiger partial charge on any atom is -0.486 e. The topological polar surface area (TPSA) is 91.8 Å². The van der Waals surface area contributed by atoms with Gasteiger partial charge in [0.2, 0.25) is 0 Å². The summed E-state index contributed by atoms with van der Waals surface area (Å²) in [6.07, 6.45) is 0.254. The molecule has 1 aliphatic rings. The molecule has 1 atom stereocenters. The number of carboxylic acid groups (broad SMARTS) is 1. The van der Waals surface area contributed by atoms with Crippen molar-refractivity contribution in [3.05, 3.63) is 16.7 Å². The highest BCUT2D eigenvalue weighted by molar-refractivity contribution is 9.10. The third-order valence-corrected chi connectivity index (χ3v) is 3.10. The molecule has 0 aliphatic carbocycles. The van der Waals surface area contributed by atoms with Crippen LogP contribution in [0.2, 0.25) is 0 Å². The Labute approximate surface area is 111 Å². The lowest BCUT2D eigenvalue weighted by Crippen LogP contribution is -2.49. The first-order valence-electron chi connectivity index (χ1n) is 5.05. The second-order valence-corrected chi connectivity index (χ2v) is 4.51. The van der Waals surface area contributed by atoms with Gasteiger partial charge in [0.05, 0.1) is 4.47 Å². The molecule has 18 heavy (non-hydrogen) atoms. The lowest BCUT2D eigenvalue weighted by molar-refractivity contribution is -0.120. The van der Waals surface area contributed by atoms with Gasteiger partial charge in [-0.3, -0.25) is 9.69 Å². The van der Waals surface area contributed by atoms with Crippen LogP contribution in [-0.2, 0) is 4.79 Å². The minimum absolute atomic E-state index is 0.0766. The lowest BCUT2D eigenvalue weighted by atomic mass is 10.3. The molecule has 1 aromatic rings. The van der Waals surface area contributed by atoms with Crippen LogP contribution >= 0.6 is 15.9 Å². The molecule has 0 saturated carbocycles. The van der Waals surface area contributed by atoms with Crippen molar-refractivity contribution in [2.75, 3.05) is 18.6 Å². The molecule has 0 saturated heterocycles. The zero-order chi connectivity index (χ0) is 13.3. The van der Waals surface area contributed by atoms with Gasteiger partial charge in [-0.05, 0) is 22.0 Å². The van der Waals surface area contributed by atoms with Crippen LogP contribution in [0.4, 0.5) is 10.6 Å². The second-order valence-electron chi connectivity index (χ2n) is 3.66. The average Bonchev–Trinajstić information content (AvgIpc) is 2.43. The average molecular weight is 316 g/mol. The molecule has 7 nitrogen and oxygen atoms in total. The van der Waals surface area contributed by atoms with E-state index in [1.165, 1.54) is 18.1 Å². The molecule has 96 valence electrons. The number of anilines is 1. The molecular weight excluding hydrogens is 306 g/mol. The molecule has 0 aromatic carbocycles. The number of carbonyl (C=O) groups excluding carboxylic acids is 1. The monoisotopic (exact) mass is 315 g/mol. The Morgan fingerprint density at radius 1 is 1.72 bits per heavy atom. The maximum atomic E-state index is 12.0. The first kappa shape index (κ1) is 12.6. The second kappa shape index (κ2) is 4.81. The number of nitrogens with zero attached hydrogens (tertiary/aromatic N) is 2. The van der Waals surface area contributed by atoms with E-state index in [1.54, 1.807) is 6.07 Å². The van der Waals surface area contributed by atoms with Crippen LogP contribution < -0.4 is 15.0 Å². The number of rotatable bonds is 1. The molecule has 0 radical (unpaired) electrons. The highest BCUT2D eigenvalue weighted by Crippen LogP contribution is 2.35. The van der Waals surface area contributed by atoms with E-state index in [4.69, 9.17) is 9.84 Å². The normalized spacial score (nSPS) is 18.7. The van der Waals surface area contributed by atoms with Crippen LogP contribution in [0.5, 0.6) is 5.75 Å². The number of pyridine rings is 1. The molecule has 2 rings (SSSR count). The van der Waals surface area contributed by atoms with Gasteiger partial charge >= 0.3 is 6.09 Å². The summed E-state index contributed by atoms with van der Waals surface area (Å²) >= 11 is 3.30. The van der Waals surface area contributed by atoms with Gasteiger partial charge in [-0.25, -0.2) is 9.78 Å². The molecular formula is C10H10BrN3O4. The van der Waals surface area contributed by atoms with Crippen molar-refractivity contribution in [1.82, 2.24) is 10.3 Å². The molecule has 2 N–H and O–H groups in total. The van der Waals surface area contributed by atoms with E-state index in [2.05, 4.69) is 26.2 Å². The van der Waals surface area contributed by atoms with Crippen molar-refractivity contribution >= 4 is 33.7 Å². The van der Waals surface area contributed by atoms with E-state index >= 15 is 0 Å². The molecule has 0 unspecified atom stereocenters. The van der Waals surface area contributed by atoms with Gasteiger partial charge < -0.3 is 15.2 Å². The third kappa shape index (κ3) is 2.23. The molecule has 1 aliphatic heterocycles. The van der Waals surface area contributed by atoms with Crippen LogP contribution in [0, 0.1) is 0 Å². The number of carbonyl (C=O) groups is 2. The van der Waals surface area contributed by atoms with Crippen LogP contribution in [0.15, 0.2) is 16.7 Å². The van der Waals surface area contributed by atoms with Gasteiger partial charge in [-0.15, -0.1) is 0 Å². The zero-order valence-electron chi connectivity index (χ0n) is 9.38. The fourth-order valence-corrected chi connectivity index (χ4v) is 2.03. The van der Waals surface area contributed by atoms with Gasteiger partial charge in [-0.1, -0.05) is 0 Å². The number of ether oxygens (including phenoxy) is 1. The summed E-state index contributed by atoms with van der Waals surface area (Å²) < 4.78 is 6.09. The van der Waals surface area contributed by atoms with E-state index in [0.29, 0.717) is 16.0 Å². The van der Waals surface area contributed by atoms with Crippen molar-refractivity contribution in [2.24, 2.45) is 0 Å². The van der Waals surface area contributed by atoms with Crippen molar-refractivity contribution in [2.45, 2.75) is 6.04 Å². The summed E-state index contributed by atoms with van der Waals surface area (Å²) in [5.74, 6) is 0.355. The van der Waals surface area contributed by atoms with Gasteiger partial charge in [0.15, 0.2) is 11.6 Å². The molecule has 2 amide bonds. The van der Waals surface area contributed by atoms with Gasteiger partial charge in [0.1, 0.15) is 12.6 Å². The number of aromatic nitrogens is 1. The Hall–Kier alpha value is -1.83. The molecule has 8 heteroatoms.